The number of carbonyl (C=O) groups is 2. The minimum atomic E-state index is -4.18. The largest absolute Gasteiger partial charge is 0.497 e. The van der Waals surface area contributed by atoms with Gasteiger partial charge in [-0.25, -0.2) is 5.06 Å². The Kier molecular flexibility index (Phi) is 7.44. The zero-order chi connectivity index (χ0) is 24.2. The highest BCUT2D eigenvalue weighted by Crippen LogP contribution is 2.37. The van der Waals surface area contributed by atoms with Crippen molar-refractivity contribution in [3.8, 4) is 5.75 Å². The second kappa shape index (κ2) is 9.93. The van der Waals surface area contributed by atoms with Crippen LogP contribution in [0.3, 0.4) is 0 Å². The third-order valence-electron chi connectivity index (χ3n) is 5.52. The Morgan fingerprint density at radius 3 is 2.36 bits per heavy atom. The normalized spacial score (nSPS) is 14.8. The summed E-state index contributed by atoms with van der Waals surface area (Å²) in [5.74, 6) is -0.905. The average Bonchev–Trinajstić information content (AvgIpc) is 2.74. The maximum absolute atomic E-state index is 12.8. The van der Waals surface area contributed by atoms with Crippen molar-refractivity contribution in [3.05, 3.63) is 53.6 Å². The van der Waals surface area contributed by atoms with Crippen LogP contribution < -0.4 is 4.74 Å². The van der Waals surface area contributed by atoms with Gasteiger partial charge in [-0.1, -0.05) is 23.8 Å². The van der Waals surface area contributed by atoms with Gasteiger partial charge in [-0.15, -0.1) is 4.28 Å². The molecule has 0 bridgehead atoms. The van der Waals surface area contributed by atoms with Crippen LogP contribution in [0.4, 0.5) is 0 Å². The van der Waals surface area contributed by atoms with Gasteiger partial charge in [0, 0.05) is 12.6 Å². The van der Waals surface area contributed by atoms with Crippen LogP contribution in [-0.2, 0) is 23.9 Å². The van der Waals surface area contributed by atoms with Crippen molar-refractivity contribution in [1.29, 1.82) is 0 Å². The molecule has 0 spiro atoms. The third kappa shape index (κ3) is 6.33. The Labute approximate surface area is 194 Å². The highest BCUT2D eigenvalue weighted by Gasteiger charge is 2.45. The van der Waals surface area contributed by atoms with Gasteiger partial charge in [0.1, 0.15) is 17.1 Å². The third-order valence-corrected chi connectivity index (χ3v) is 6.85. The summed E-state index contributed by atoms with van der Waals surface area (Å²) < 4.78 is 41.1. The van der Waals surface area contributed by atoms with Crippen molar-refractivity contribution in [3.63, 3.8) is 0 Å². The molecule has 0 saturated heterocycles. The molecule has 0 unspecified atom stereocenters. The summed E-state index contributed by atoms with van der Waals surface area (Å²) in [5.41, 5.74) is 0.132. The van der Waals surface area contributed by atoms with Gasteiger partial charge in [-0.05, 0) is 68.1 Å². The number of hydrogen-bond donors (Lipinski definition) is 0. The van der Waals surface area contributed by atoms with Crippen LogP contribution in [0.2, 0.25) is 0 Å². The zero-order valence-electron chi connectivity index (χ0n) is 19.3. The van der Waals surface area contributed by atoms with Crippen molar-refractivity contribution in [2.24, 2.45) is 0 Å². The molecule has 0 atom stereocenters. The Balaban J connectivity index is 1.67. The maximum atomic E-state index is 12.8. The number of amides is 1. The van der Waals surface area contributed by atoms with E-state index < -0.39 is 33.3 Å². The van der Waals surface area contributed by atoms with Crippen LogP contribution >= 0.6 is 0 Å². The van der Waals surface area contributed by atoms with Gasteiger partial charge in [0.15, 0.2) is 0 Å². The molecule has 0 N–H and O–H groups in total. The van der Waals surface area contributed by atoms with Crippen molar-refractivity contribution >= 4 is 32.8 Å². The van der Waals surface area contributed by atoms with Crippen LogP contribution in [0.1, 0.15) is 49.9 Å². The minimum Gasteiger partial charge on any atom is -0.497 e. The molecule has 0 radical (unpaired) electrons. The summed E-state index contributed by atoms with van der Waals surface area (Å²) in [6.45, 7) is 3.73. The van der Waals surface area contributed by atoms with Crippen molar-refractivity contribution in [2.75, 3.05) is 19.9 Å². The number of carbonyl (C=O) groups excluding carboxylic acids is 2. The number of esters is 1. The lowest BCUT2D eigenvalue weighted by atomic mass is 9.81. The monoisotopic (exact) mass is 475 g/mol. The fraction of sp³-hybridized carbons (Fsp3) is 0.417. The van der Waals surface area contributed by atoms with Crippen LogP contribution in [0.5, 0.6) is 5.75 Å². The fourth-order valence-corrected chi connectivity index (χ4v) is 5.09. The van der Waals surface area contributed by atoms with Gasteiger partial charge in [-0.2, -0.15) is 8.42 Å². The van der Waals surface area contributed by atoms with Crippen LogP contribution in [-0.4, -0.2) is 50.9 Å². The predicted molar refractivity (Wildman–Crippen MR) is 124 cm³/mol. The molecule has 8 nitrogen and oxygen atoms in total. The van der Waals surface area contributed by atoms with E-state index in [0.29, 0.717) is 23.7 Å². The van der Waals surface area contributed by atoms with E-state index in [1.165, 1.54) is 7.05 Å². The Hall–Kier alpha value is -2.91. The number of allylic oxidation sites excluding steroid dienone is 1. The molecule has 9 heteroatoms. The van der Waals surface area contributed by atoms with E-state index in [-0.39, 0.29) is 12.0 Å². The van der Waals surface area contributed by atoms with Crippen LogP contribution in [0.25, 0.3) is 10.8 Å². The number of ether oxygens (including phenoxy) is 2. The highest BCUT2D eigenvalue weighted by molar-refractivity contribution is 7.86. The standard InChI is InChI=1S/C24H29NO7S/c1-17(2)6-11-22(26)31-24(12-5-13-24)16-33(28,29)32-25(3)23(27)20-8-7-19-15-21(30-4)10-9-18(19)14-20/h6-10,14-15H,5,11-13,16H2,1-4H3. The summed E-state index contributed by atoms with van der Waals surface area (Å²) in [4.78, 5) is 24.9. The van der Waals surface area contributed by atoms with Gasteiger partial charge < -0.3 is 9.47 Å². The lowest BCUT2D eigenvalue weighted by Crippen LogP contribution is -2.49. The number of methoxy groups -OCH3 is 1. The zero-order valence-corrected chi connectivity index (χ0v) is 20.1. The molecule has 178 valence electrons. The second-order valence-corrected chi connectivity index (χ2v) is 10.1. The van der Waals surface area contributed by atoms with Gasteiger partial charge in [0.2, 0.25) is 0 Å². The van der Waals surface area contributed by atoms with E-state index in [2.05, 4.69) is 0 Å². The van der Waals surface area contributed by atoms with Crippen LogP contribution in [0.15, 0.2) is 48.0 Å². The van der Waals surface area contributed by atoms with Gasteiger partial charge in [0.05, 0.1) is 13.5 Å². The second-order valence-electron chi connectivity index (χ2n) is 8.50. The van der Waals surface area contributed by atoms with Crippen LogP contribution in [0, 0.1) is 0 Å². The molecule has 1 aliphatic carbocycles. The number of benzene rings is 2. The number of hydroxylamine groups is 2. The SMILES string of the molecule is COc1ccc2cc(C(=O)N(C)OS(=O)(=O)CC3(OC(=O)CC=C(C)C)CCC3)ccc2c1. The summed E-state index contributed by atoms with van der Waals surface area (Å²) in [6, 6.07) is 10.4. The quantitative estimate of drug-likeness (QED) is 0.307. The molecule has 1 saturated carbocycles. The molecule has 2 aromatic carbocycles. The first-order chi connectivity index (χ1) is 15.5. The first-order valence-corrected chi connectivity index (χ1v) is 12.2. The molecule has 2 aromatic rings. The molecule has 0 heterocycles. The van der Waals surface area contributed by atoms with Crippen molar-refractivity contribution in [1.82, 2.24) is 5.06 Å². The van der Waals surface area contributed by atoms with Crippen molar-refractivity contribution < 1.29 is 31.8 Å². The van der Waals surface area contributed by atoms with Crippen molar-refractivity contribution in [2.45, 2.75) is 45.1 Å². The van der Waals surface area contributed by atoms with Gasteiger partial charge in [-0.3, -0.25) is 9.59 Å². The Morgan fingerprint density at radius 1 is 1.09 bits per heavy atom. The minimum absolute atomic E-state index is 0.0806. The topological polar surface area (TPSA) is 99.2 Å². The molecule has 0 aliphatic heterocycles. The van der Waals surface area contributed by atoms with Gasteiger partial charge >= 0.3 is 5.97 Å². The molecule has 1 amide bonds. The molecule has 1 fully saturated rings. The number of hydrogen-bond acceptors (Lipinski definition) is 7. The Morgan fingerprint density at radius 2 is 1.76 bits per heavy atom. The smallest absolute Gasteiger partial charge is 0.310 e. The van der Waals surface area contributed by atoms with E-state index in [1.807, 2.05) is 26.0 Å². The van der Waals surface area contributed by atoms with E-state index >= 15 is 0 Å². The summed E-state index contributed by atoms with van der Waals surface area (Å²) in [7, 11) is -1.37. The molecule has 1 aliphatic rings. The lowest BCUT2D eigenvalue weighted by Gasteiger charge is -2.40. The van der Waals surface area contributed by atoms with Gasteiger partial charge in [0.25, 0.3) is 16.0 Å². The Bertz CT molecular complexity index is 1180. The van der Waals surface area contributed by atoms with E-state index in [4.69, 9.17) is 13.8 Å². The number of rotatable bonds is 9. The molecule has 3 rings (SSSR count). The lowest BCUT2D eigenvalue weighted by molar-refractivity contribution is -0.165. The molecular weight excluding hydrogens is 446 g/mol. The first-order valence-electron chi connectivity index (χ1n) is 10.7. The summed E-state index contributed by atoms with van der Waals surface area (Å²) in [5, 5.41) is 2.37. The molecule has 33 heavy (non-hydrogen) atoms. The number of fused-ring (bicyclic) bond motifs is 1. The van der Waals surface area contributed by atoms with E-state index in [0.717, 1.165) is 22.8 Å². The highest BCUT2D eigenvalue weighted by atomic mass is 32.2. The number of nitrogens with zero attached hydrogens (tertiary/aromatic N) is 1. The molecule has 0 aromatic heterocycles. The van der Waals surface area contributed by atoms with E-state index in [9.17, 15) is 18.0 Å². The maximum Gasteiger partial charge on any atom is 0.310 e. The molecular formula is C24H29NO7S. The summed E-state index contributed by atoms with van der Waals surface area (Å²) >= 11 is 0. The average molecular weight is 476 g/mol. The predicted octanol–water partition coefficient (Wildman–Crippen LogP) is 4.00. The van der Waals surface area contributed by atoms with E-state index in [1.54, 1.807) is 37.5 Å². The summed E-state index contributed by atoms with van der Waals surface area (Å²) in [6.07, 6.45) is 3.43. The first kappa shape index (κ1) is 24.7. The fourth-order valence-electron chi connectivity index (χ4n) is 3.64.